The lowest BCUT2D eigenvalue weighted by molar-refractivity contribution is -0.0372. The van der Waals surface area contributed by atoms with Gasteiger partial charge in [0.05, 0.1) is 5.60 Å². The number of aliphatic hydroxyl groups is 2. The molecule has 1 aliphatic rings. The van der Waals surface area contributed by atoms with Crippen LogP contribution in [0.3, 0.4) is 0 Å². The number of piperidine rings is 1. The van der Waals surface area contributed by atoms with Crippen LogP contribution in [0.25, 0.3) is 0 Å². The van der Waals surface area contributed by atoms with Gasteiger partial charge in [-0.05, 0) is 54.8 Å². The monoisotopic (exact) mass is 419 g/mol. The molecule has 0 bridgehead atoms. The molecule has 5 nitrogen and oxygen atoms in total. The van der Waals surface area contributed by atoms with Crippen molar-refractivity contribution in [2.75, 3.05) is 26.2 Å². The summed E-state index contributed by atoms with van der Waals surface area (Å²) < 4.78 is 11.5. The largest absolute Gasteiger partial charge is 0.491 e. The maximum absolute atomic E-state index is 11.2. The van der Waals surface area contributed by atoms with Crippen LogP contribution in [0.2, 0.25) is 0 Å². The molecule has 3 aromatic carbocycles. The minimum absolute atomic E-state index is 0.258. The van der Waals surface area contributed by atoms with E-state index < -0.39 is 11.7 Å². The fraction of sp³-hybridized carbons (Fsp3) is 0.308. The van der Waals surface area contributed by atoms with Gasteiger partial charge in [-0.3, -0.25) is 0 Å². The van der Waals surface area contributed by atoms with Crippen LogP contribution in [0.1, 0.15) is 18.4 Å². The zero-order chi connectivity index (χ0) is 21.5. The van der Waals surface area contributed by atoms with Crippen molar-refractivity contribution in [3.8, 4) is 17.2 Å². The molecule has 0 unspecified atom stereocenters. The average Bonchev–Trinajstić information content (AvgIpc) is 2.81. The fourth-order valence-electron chi connectivity index (χ4n) is 3.91. The highest BCUT2D eigenvalue weighted by molar-refractivity contribution is 5.35. The number of rotatable bonds is 8. The molecule has 1 fully saturated rings. The van der Waals surface area contributed by atoms with Gasteiger partial charge in [-0.25, -0.2) is 0 Å². The Hall–Kier alpha value is -2.86. The number of aliphatic hydroxyl groups excluding tert-OH is 1. The molecule has 0 spiro atoms. The molecule has 1 atom stereocenters. The van der Waals surface area contributed by atoms with Crippen LogP contribution >= 0.6 is 0 Å². The summed E-state index contributed by atoms with van der Waals surface area (Å²) in [6.45, 7) is 2.24. The van der Waals surface area contributed by atoms with Gasteiger partial charge in [0.2, 0.25) is 0 Å². The van der Waals surface area contributed by atoms with Gasteiger partial charge in [0.15, 0.2) is 0 Å². The van der Waals surface area contributed by atoms with Crippen LogP contribution in [0.15, 0.2) is 84.9 Å². The number of ether oxygens (including phenoxy) is 2. The van der Waals surface area contributed by atoms with Crippen molar-refractivity contribution < 1.29 is 19.7 Å². The second kappa shape index (κ2) is 9.96. The van der Waals surface area contributed by atoms with E-state index in [9.17, 15) is 10.2 Å². The Morgan fingerprint density at radius 3 is 1.94 bits per heavy atom. The molecular formula is C26H29NO4. The Morgan fingerprint density at radius 2 is 1.32 bits per heavy atom. The fourth-order valence-corrected chi connectivity index (χ4v) is 3.91. The van der Waals surface area contributed by atoms with E-state index in [0.29, 0.717) is 19.4 Å². The standard InChI is InChI=1S/C26H29NO4/c28-22(20-30-23-7-3-1-4-8-23)19-27-17-15-26(29,16-18-27)21-11-13-25(14-12-21)31-24-9-5-2-6-10-24/h1-14,22,28-29H,15-20H2/t22-/m0/s1. The summed E-state index contributed by atoms with van der Waals surface area (Å²) in [5.41, 5.74) is 0.0494. The van der Waals surface area contributed by atoms with Crippen LogP contribution < -0.4 is 9.47 Å². The summed E-state index contributed by atoms with van der Waals surface area (Å²) in [5, 5.41) is 21.5. The van der Waals surface area contributed by atoms with Crippen LogP contribution in [-0.4, -0.2) is 47.5 Å². The van der Waals surface area contributed by atoms with Crippen molar-refractivity contribution in [1.29, 1.82) is 0 Å². The lowest BCUT2D eigenvalue weighted by Gasteiger charge is -2.39. The minimum Gasteiger partial charge on any atom is -0.491 e. The van der Waals surface area contributed by atoms with Crippen molar-refractivity contribution >= 4 is 0 Å². The van der Waals surface area contributed by atoms with Gasteiger partial charge in [0, 0.05) is 19.6 Å². The smallest absolute Gasteiger partial charge is 0.127 e. The minimum atomic E-state index is -0.854. The third-order valence-electron chi connectivity index (χ3n) is 5.71. The highest BCUT2D eigenvalue weighted by Crippen LogP contribution is 2.34. The first-order valence-corrected chi connectivity index (χ1v) is 10.7. The molecule has 4 rings (SSSR count). The molecule has 31 heavy (non-hydrogen) atoms. The summed E-state index contributed by atoms with van der Waals surface area (Å²) >= 11 is 0. The van der Waals surface area contributed by atoms with Crippen molar-refractivity contribution in [2.24, 2.45) is 0 Å². The van der Waals surface area contributed by atoms with Crippen LogP contribution in [0.4, 0.5) is 0 Å². The highest BCUT2D eigenvalue weighted by atomic mass is 16.5. The summed E-state index contributed by atoms with van der Waals surface area (Å²) in [4.78, 5) is 2.18. The summed E-state index contributed by atoms with van der Waals surface area (Å²) in [6, 6.07) is 26.8. The molecule has 5 heteroatoms. The van der Waals surface area contributed by atoms with E-state index in [-0.39, 0.29) is 6.61 Å². The Kier molecular flexibility index (Phi) is 6.87. The molecular weight excluding hydrogens is 390 g/mol. The number of nitrogens with zero attached hydrogens (tertiary/aromatic N) is 1. The second-order valence-electron chi connectivity index (χ2n) is 8.05. The van der Waals surface area contributed by atoms with Gasteiger partial charge in [0.25, 0.3) is 0 Å². The topological polar surface area (TPSA) is 62.2 Å². The number of likely N-dealkylation sites (tertiary alicyclic amines) is 1. The van der Waals surface area contributed by atoms with Crippen LogP contribution in [0.5, 0.6) is 17.2 Å². The second-order valence-corrected chi connectivity index (χ2v) is 8.05. The number of β-amino-alcohol motifs (C(OH)–C–C–N with tert-alkyl or cyclic N) is 1. The molecule has 3 aromatic rings. The van der Waals surface area contributed by atoms with Gasteiger partial charge in [-0.2, -0.15) is 0 Å². The van der Waals surface area contributed by atoms with Gasteiger partial charge in [-0.15, -0.1) is 0 Å². The Balaban J connectivity index is 1.26. The van der Waals surface area contributed by atoms with Crippen LogP contribution in [-0.2, 0) is 5.60 Å². The van der Waals surface area contributed by atoms with Crippen molar-refractivity contribution in [3.05, 3.63) is 90.5 Å². The van der Waals surface area contributed by atoms with Gasteiger partial charge < -0.3 is 24.6 Å². The van der Waals surface area contributed by atoms with Gasteiger partial charge in [0.1, 0.15) is 30.0 Å². The quantitative estimate of drug-likeness (QED) is 0.573. The summed E-state index contributed by atoms with van der Waals surface area (Å²) in [6.07, 6.45) is 0.678. The van der Waals surface area contributed by atoms with Crippen molar-refractivity contribution in [3.63, 3.8) is 0 Å². The summed E-state index contributed by atoms with van der Waals surface area (Å²) in [5.74, 6) is 2.30. The SMILES string of the molecule is O[C@H](COc1ccccc1)CN1CCC(O)(c2ccc(Oc3ccccc3)cc2)CC1. The molecule has 1 heterocycles. The number of benzene rings is 3. The normalized spacial score (nSPS) is 17.1. The molecule has 1 saturated heterocycles. The molecule has 0 amide bonds. The van der Waals surface area contributed by atoms with E-state index in [4.69, 9.17) is 9.47 Å². The van der Waals surface area contributed by atoms with E-state index in [0.717, 1.165) is 35.9 Å². The Bertz CT molecular complexity index is 923. The lowest BCUT2D eigenvalue weighted by Crippen LogP contribution is -2.46. The number of hydrogen-bond donors (Lipinski definition) is 2. The van der Waals surface area contributed by atoms with Gasteiger partial charge >= 0.3 is 0 Å². The van der Waals surface area contributed by atoms with Crippen molar-refractivity contribution in [2.45, 2.75) is 24.5 Å². The average molecular weight is 420 g/mol. The molecule has 1 aliphatic heterocycles. The molecule has 162 valence electrons. The van der Waals surface area contributed by atoms with E-state index in [2.05, 4.69) is 4.90 Å². The molecule has 0 radical (unpaired) electrons. The summed E-state index contributed by atoms with van der Waals surface area (Å²) in [7, 11) is 0. The van der Waals surface area contributed by atoms with Gasteiger partial charge in [-0.1, -0.05) is 48.5 Å². The maximum Gasteiger partial charge on any atom is 0.127 e. The molecule has 0 saturated carbocycles. The first-order valence-electron chi connectivity index (χ1n) is 10.7. The van der Waals surface area contributed by atoms with E-state index in [1.165, 1.54) is 0 Å². The Morgan fingerprint density at radius 1 is 0.774 bits per heavy atom. The predicted octanol–water partition coefficient (Wildman–Crippen LogP) is 4.20. The van der Waals surface area contributed by atoms with E-state index >= 15 is 0 Å². The lowest BCUT2D eigenvalue weighted by atomic mass is 9.84. The van der Waals surface area contributed by atoms with E-state index in [1.54, 1.807) is 0 Å². The first-order chi connectivity index (χ1) is 15.1. The number of hydrogen-bond acceptors (Lipinski definition) is 5. The van der Waals surface area contributed by atoms with Crippen LogP contribution in [0, 0.1) is 0 Å². The zero-order valence-corrected chi connectivity index (χ0v) is 17.6. The maximum atomic E-state index is 11.2. The molecule has 2 N–H and O–H groups in total. The highest BCUT2D eigenvalue weighted by Gasteiger charge is 2.34. The van der Waals surface area contributed by atoms with Crippen molar-refractivity contribution in [1.82, 2.24) is 4.90 Å². The predicted molar refractivity (Wildman–Crippen MR) is 120 cm³/mol. The third-order valence-corrected chi connectivity index (χ3v) is 5.71. The molecule has 0 aliphatic carbocycles. The Labute approximate surface area is 183 Å². The number of para-hydroxylation sites is 2. The zero-order valence-electron chi connectivity index (χ0n) is 17.6. The first kappa shape index (κ1) is 21.4. The third kappa shape index (κ3) is 5.85. The molecule has 0 aromatic heterocycles. The van der Waals surface area contributed by atoms with E-state index in [1.807, 2.05) is 84.9 Å².